The Morgan fingerprint density at radius 1 is 1.27 bits per heavy atom. The molecule has 0 saturated heterocycles. The topological polar surface area (TPSA) is 51.8 Å². The van der Waals surface area contributed by atoms with Crippen molar-refractivity contribution in [1.29, 1.82) is 5.26 Å². The summed E-state index contributed by atoms with van der Waals surface area (Å²) in [4.78, 5) is -0.162. The van der Waals surface area contributed by atoms with Crippen molar-refractivity contribution in [2.24, 2.45) is 0 Å². The molecule has 0 amide bonds. The molecule has 0 radical (unpaired) electrons. The van der Waals surface area contributed by atoms with Gasteiger partial charge in [-0.05, 0) is 35.3 Å². The van der Waals surface area contributed by atoms with Crippen LogP contribution in [0, 0.1) is 11.3 Å². The molecule has 1 aromatic heterocycles. The van der Waals surface area contributed by atoms with E-state index in [4.69, 9.17) is 51.7 Å². The molecule has 0 fully saturated rings. The Bertz CT molecular complexity index is 748. The molecule has 0 aliphatic rings. The normalized spacial score (nSPS) is 13.0. The van der Waals surface area contributed by atoms with Crippen LogP contribution in [-0.2, 0) is 11.2 Å². The summed E-state index contributed by atoms with van der Waals surface area (Å²) in [5.41, 5.74) is 0.289. The second kappa shape index (κ2) is 6.78. The van der Waals surface area contributed by atoms with Crippen molar-refractivity contribution >= 4 is 73.5 Å². The number of benzene rings is 1. The first-order valence-electron chi connectivity index (χ1n) is 5.40. The number of nitriles is 1. The van der Waals surface area contributed by atoms with E-state index in [1.807, 2.05) is 0 Å². The van der Waals surface area contributed by atoms with Gasteiger partial charge in [-0.3, -0.25) is 0 Å². The van der Waals surface area contributed by atoms with E-state index < -0.39 is 15.1 Å². The highest BCUT2D eigenvalue weighted by Gasteiger charge is 2.42. The zero-order valence-corrected chi connectivity index (χ0v) is 15.7. The summed E-state index contributed by atoms with van der Waals surface area (Å²) in [5, 5.41) is 9.65. The first kappa shape index (κ1) is 18.2. The van der Waals surface area contributed by atoms with Crippen LogP contribution in [0.3, 0.4) is 0 Å². The van der Waals surface area contributed by atoms with Gasteiger partial charge < -0.3 is 9.12 Å². The lowest BCUT2D eigenvalue weighted by molar-refractivity contribution is 0.469. The van der Waals surface area contributed by atoms with E-state index in [9.17, 15) is 8.94 Å². The van der Waals surface area contributed by atoms with Crippen LogP contribution in [0.4, 0.5) is 4.39 Å². The van der Waals surface area contributed by atoms with E-state index in [-0.39, 0.29) is 20.5 Å². The molecule has 0 aliphatic carbocycles. The van der Waals surface area contributed by atoms with Gasteiger partial charge in [0, 0.05) is 10.7 Å². The molecule has 22 heavy (non-hydrogen) atoms. The van der Waals surface area contributed by atoms with Gasteiger partial charge in [-0.25, -0.2) is 0 Å². The summed E-state index contributed by atoms with van der Waals surface area (Å²) in [5.74, 6) is 0. The van der Waals surface area contributed by atoms with Gasteiger partial charge >= 0.3 is 3.92 Å². The van der Waals surface area contributed by atoms with Gasteiger partial charge in [0.05, 0.1) is 33.1 Å². The summed E-state index contributed by atoms with van der Waals surface area (Å²) >= 11 is 23.4. The number of nitrogens with zero attached hydrogens (tertiary/aromatic N) is 2. The lowest BCUT2D eigenvalue weighted by atomic mass is 10.3. The van der Waals surface area contributed by atoms with Crippen LogP contribution in [0.15, 0.2) is 33.9 Å². The maximum absolute atomic E-state index is 13.5. The molecular formula is C12H4BrCl4FN2OS. The Morgan fingerprint density at radius 3 is 2.27 bits per heavy atom. The van der Waals surface area contributed by atoms with E-state index >= 15 is 0 Å². The van der Waals surface area contributed by atoms with Crippen molar-refractivity contribution < 1.29 is 8.94 Å². The predicted octanol–water partition coefficient (Wildman–Crippen LogP) is 5.58. The van der Waals surface area contributed by atoms with E-state index in [1.165, 1.54) is 17.0 Å². The molecule has 0 aliphatic heterocycles. The molecule has 1 heterocycles. The average Bonchev–Trinajstić information content (AvgIpc) is 2.79. The highest BCUT2D eigenvalue weighted by Crippen LogP contribution is 2.39. The van der Waals surface area contributed by atoms with Crippen LogP contribution < -0.4 is 0 Å². The van der Waals surface area contributed by atoms with Crippen molar-refractivity contribution in [1.82, 2.24) is 4.57 Å². The quantitative estimate of drug-likeness (QED) is 0.439. The summed E-state index contributed by atoms with van der Waals surface area (Å²) in [6.07, 6.45) is 2.56. The van der Waals surface area contributed by atoms with Crippen molar-refractivity contribution in [3.8, 4) is 11.8 Å². The molecule has 0 saturated carbocycles. The largest absolute Gasteiger partial charge is 0.607 e. The summed E-state index contributed by atoms with van der Waals surface area (Å²) in [7, 11) is 0. The van der Waals surface area contributed by atoms with Gasteiger partial charge in [-0.1, -0.05) is 39.1 Å². The predicted molar refractivity (Wildman–Crippen MR) is 90.2 cm³/mol. The average molecular weight is 465 g/mol. The lowest BCUT2D eigenvalue weighted by Crippen LogP contribution is -2.21. The Labute approximate surface area is 156 Å². The van der Waals surface area contributed by atoms with Gasteiger partial charge in [-0.15, -0.1) is 0 Å². The van der Waals surface area contributed by atoms with Crippen molar-refractivity contribution in [2.75, 3.05) is 0 Å². The van der Waals surface area contributed by atoms with Crippen LogP contribution >= 0.6 is 62.3 Å². The van der Waals surface area contributed by atoms with Crippen LogP contribution in [-0.4, -0.2) is 13.0 Å². The second-order valence-electron chi connectivity index (χ2n) is 3.99. The third-order valence-electron chi connectivity index (χ3n) is 2.56. The Morgan fingerprint density at radius 2 is 1.82 bits per heavy atom. The lowest BCUT2D eigenvalue weighted by Gasteiger charge is -2.14. The van der Waals surface area contributed by atoms with Crippen LogP contribution in [0.5, 0.6) is 0 Å². The fourth-order valence-corrected chi connectivity index (χ4v) is 4.36. The maximum Gasteiger partial charge on any atom is 0.423 e. The van der Waals surface area contributed by atoms with Crippen molar-refractivity contribution in [3.63, 3.8) is 0 Å². The number of rotatable bonds is 3. The molecule has 0 bridgehead atoms. The van der Waals surface area contributed by atoms with E-state index in [0.717, 1.165) is 0 Å². The molecule has 0 spiro atoms. The van der Waals surface area contributed by atoms with Gasteiger partial charge in [0.15, 0.2) is 4.90 Å². The first-order chi connectivity index (χ1) is 10.1. The maximum atomic E-state index is 13.5. The van der Waals surface area contributed by atoms with E-state index in [0.29, 0.717) is 10.2 Å². The van der Waals surface area contributed by atoms with Gasteiger partial charge in [0.25, 0.3) is 0 Å². The minimum atomic E-state index is -3.02. The highest BCUT2D eigenvalue weighted by atomic mass is 79.9. The van der Waals surface area contributed by atoms with E-state index in [1.54, 1.807) is 18.2 Å². The smallest absolute Gasteiger partial charge is 0.423 e. The monoisotopic (exact) mass is 462 g/mol. The Hall–Kier alpha value is -0.130. The summed E-state index contributed by atoms with van der Waals surface area (Å²) < 4.78 is 24.4. The highest BCUT2D eigenvalue weighted by molar-refractivity contribution is 9.10. The third-order valence-corrected chi connectivity index (χ3v) is 5.58. The molecule has 116 valence electrons. The molecule has 1 atom stereocenters. The molecule has 10 heteroatoms. The summed E-state index contributed by atoms with van der Waals surface area (Å²) in [6.45, 7) is 0. The van der Waals surface area contributed by atoms with Gasteiger partial charge in [-0.2, -0.15) is 9.65 Å². The van der Waals surface area contributed by atoms with Crippen molar-refractivity contribution in [2.45, 2.75) is 8.81 Å². The molecule has 2 rings (SSSR count). The first-order valence-corrected chi connectivity index (χ1v) is 8.86. The minimum Gasteiger partial charge on any atom is -0.607 e. The van der Waals surface area contributed by atoms with Gasteiger partial charge in [0.2, 0.25) is 0 Å². The van der Waals surface area contributed by atoms with Crippen LogP contribution in [0.25, 0.3) is 5.69 Å². The molecular weight excluding hydrogens is 461 g/mol. The minimum absolute atomic E-state index is 0.0586. The Balaban J connectivity index is 2.61. The zero-order chi connectivity index (χ0) is 16.7. The zero-order valence-electron chi connectivity index (χ0n) is 10.3. The van der Waals surface area contributed by atoms with Crippen LogP contribution in [0.1, 0.15) is 5.56 Å². The fraction of sp³-hybridized carbons (Fsp3) is 0.0833. The number of halogens is 6. The molecule has 3 nitrogen and oxygen atoms in total. The number of alkyl halides is 3. The molecule has 2 aromatic rings. The van der Waals surface area contributed by atoms with Crippen molar-refractivity contribution in [3.05, 3.63) is 44.6 Å². The number of hydrogen-bond acceptors (Lipinski definition) is 2. The molecule has 1 unspecified atom stereocenters. The Kier molecular flexibility index (Phi) is 5.61. The molecule has 0 N–H and O–H groups in total. The molecule has 1 aromatic carbocycles. The summed E-state index contributed by atoms with van der Waals surface area (Å²) in [6, 6.07) is 4.98. The SMILES string of the molecule is N#Cc1cn(-c2c(Cl)cc(Br)cc2Cl)cc1[S+]([O-])C(F)(Cl)Cl. The van der Waals surface area contributed by atoms with Crippen LogP contribution in [0.2, 0.25) is 10.0 Å². The van der Waals surface area contributed by atoms with E-state index in [2.05, 4.69) is 15.9 Å². The number of aromatic nitrogens is 1. The number of hydrogen-bond donors (Lipinski definition) is 0. The van der Waals surface area contributed by atoms with Gasteiger partial charge in [0.1, 0.15) is 11.6 Å². The standard InChI is InChI=1S/C12H4BrCl4FN2OS/c13-7-1-8(14)11(9(15)2-7)20-4-6(3-19)10(5-20)22(21)12(16,17)18/h1-2,4-5H. The third kappa shape index (κ3) is 3.68. The fourth-order valence-electron chi connectivity index (χ4n) is 1.70. The second-order valence-corrected chi connectivity index (χ2v) is 8.94.